The predicted molar refractivity (Wildman–Crippen MR) is 64.6 cm³/mol. The molecule has 3 N–H and O–H groups in total. The minimum Gasteiger partial charge on any atom is -0.481 e. The van der Waals surface area contributed by atoms with Gasteiger partial charge in [0, 0.05) is 24.8 Å². The highest BCUT2D eigenvalue weighted by molar-refractivity contribution is 5.70. The fraction of sp³-hybridized carbons (Fsp3) is 0.417. The molecule has 8 heteroatoms. The van der Waals surface area contributed by atoms with Crippen LogP contribution < -0.4 is 15.4 Å². The first-order chi connectivity index (χ1) is 9.28. The van der Waals surface area contributed by atoms with Gasteiger partial charge in [-0.05, 0) is 12.1 Å². The SMILES string of the molecule is O=C(O)CC1(Nc2cccc(OC(F)(F)F)c2)CNC1. The van der Waals surface area contributed by atoms with Crippen molar-refractivity contribution < 1.29 is 27.8 Å². The monoisotopic (exact) mass is 290 g/mol. The lowest BCUT2D eigenvalue weighted by Crippen LogP contribution is -2.65. The number of rotatable bonds is 5. The van der Waals surface area contributed by atoms with Crippen LogP contribution in [0.3, 0.4) is 0 Å². The summed E-state index contributed by atoms with van der Waals surface area (Å²) in [4.78, 5) is 10.8. The smallest absolute Gasteiger partial charge is 0.481 e. The first kappa shape index (κ1) is 14.4. The quantitative estimate of drug-likeness (QED) is 0.771. The van der Waals surface area contributed by atoms with E-state index in [-0.39, 0.29) is 12.2 Å². The van der Waals surface area contributed by atoms with Gasteiger partial charge in [-0.15, -0.1) is 13.2 Å². The zero-order valence-corrected chi connectivity index (χ0v) is 10.3. The fourth-order valence-corrected chi connectivity index (χ4v) is 2.05. The number of carboxylic acid groups (broad SMARTS) is 1. The highest BCUT2D eigenvalue weighted by atomic mass is 19.4. The van der Waals surface area contributed by atoms with Gasteiger partial charge in [0.25, 0.3) is 0 Å². The summed E-state index contributed by atoms with van der Waals surface area (Å²) in [7, 11) is 0. The van der Waals surface area contributed by atoms with Crippen molar-refractivity contribution in [2.75, 3.05) is 18.4 Å². The number of aliphatic carboxylic acids is 1. The lowest BCUT2D eigenvalue weighted by Gasteiger charge is -2.43. The lowest BCUT2D eigenvalue weighted by atomic mass is 9.88. The molecule has 0 bridgehead atoms. The van der Waals surface area contributed by atoms with Crippen molar-refractivity contribution in [2.24, 2.45) is 0 Å². The molecular weight excluding hydrogens is 277 g/mol. The molecule has 0 unspecified atom stereocenters. The standard InChI is InChI=1S/C12H13F3N2O3/c13-12(14,15)20-9-3-1-2-8(4-9)17-11(5-10(18)19)6-16-7-11/h1-4,16-17H,5-7H2,(H,18,19). The second-order valence-electron chi connectivity index (χ2n) is 4.66. The average molecular weight is 290 g/mol. The predicted octanol–water partition coefficient (Wildman–Crippen LogP) is 1.81. The number of benzene rings is 1. The molecular formula is C12H13F3N2O3. The van der Waals surface area contributed by atoms with Crippen molar-refractivity contribution in [3.8, 4) is 5.75 Å². The van der Waals surface area contributed by atoms with Gasteiger partial charge in [0.1, 0.15) is 5.75 Å². The van der Waals surface area contributed by atoms with E-state index in [0.717, 1.165) is 0 Å². The molecule has 1 aliphatic rings. The van der Waals surface area contributed by atoms with Crippen LogP contribution in [0.25, 0.3) is 0 Å². The van der Waals surface area contributed by atoms with Gasteiger partial charge in [-0.2, -0.15) is 0 Å². The Kier molecular flexibility index (Phi) is 3.76. The fourth-order valence-electron chi connectivity index (χ4n) is 2.05. The van der Waals surface area contributed by atoms with E-state index in [1.165, 1.54) is 18.2 Å². The third-order valence-electron chi connectivity index (χ3n) is 2.89. The summed E-state index contributed by atoms with van der Waals surface area (Å²) in [5.41, 5.74) is -0.294. The number of carbonyl (C=O) groups is 1. The number of hydrogen-bond acceptors (Lipinski definition) is 4. The number of halogens is 3. The van der Waals surface area contributed by atoms with Crippen molar-refractivity contribution in [3.05, 3.63) is 24.3 Å². The van der Waals surface area contributed by atoms with Gasteiger partial charge in [0.15, 0.2) is 0 Å². The number of nitrogens with one attached hydrogen (secondary N) is 2. The van der Waals surface area contributed by atoms with Gasteiger partial charge in [-0.3, -0.25) is 4.79 Å². The van der Waals surface area contributed by atoms with Crippen molar-refractivity contribution in [1.29, 1.82) is 0 Å². The molecule has 5 nitrogen and oxygen atoms in total. The number of carboxylic acids is 1. The van der Waals surface area contributed by atoms with Crippen LogP contribution in [0, 0.1) is 0 Å². The summed E-state index contributed by atoms with van der Waals surface area (Å²) in [6, 6.07) is 5.34. The van der Waals surface area contributed by atoms with Crippen molar-refractivity contribution in [3.63, 3.8) is 0 Å². The minimum atomic E-state index is -4.75. The van der Waals surface area contributed by atoms with Crippen LogP contribution >= 0.6 is 0 Å². The maximum Gasteiger partial charge on any atom is 0.573 e. The second kappa shape index (κ2) is 5.20. The summed E-state index contributed by atoms with van der Waals surface area (Å²) in [6.07, 6.45) is -4.88. The molecule has 1 aromatic carbocycles. The molecule has 1 heterocycles. The van der Waals surface area contributed by atoms with E-state index in [2.05, 4.69) is 15.4 Å². The summed E-state index contributed by atoms with van der Waals surface area (Å²) >= 11 is 0. The Morgan fingerprint density at radius 2 is 2.15 bits per heavy atom. The van der Waals surface area contributed by atoms with E-state index in [4.69, 9.17) is 5.11 Å². The van der Waals surface area contributed by atoms with Crippen molar-refractivity contribution in [1.82, 2.24) is 5.32 Å². The van der Waals surface area contributed by atoms with Crippen LogP contribution in [-0.2, 0) is 4.79 Å². The number of ether oxygens (including phenoxy) is 1. The summed E-state index contributed by atoms with van der Waals surface area (Å²) in [5, 5.41) is 14.8. The Balaban J connectivity index is 2.09. The van der Waals surface area contributed by atoms with E-state index in [1.807, 2.05) is 0 Å². The maximum absolute atomic E-state index is 12.1. The number of anilines is 1. The Hall–Kier alpha value is -1.96. The zero-order chi connectivity index (χ0) is 14.8. The van der Waals surface area contributed by atoms with Crippen LogP contribution in [0.5, 0.6) is 5.75 Å². The van der Waals surface area contributed by atoms with Crippen LogP contribution in [-0.4, -0.2) is 36.1 Å². The summed E-state index contributed by atoms with van der Waals surface area (Å²) < 4.78 is 40.2. The molecule has 1 fully saturated rings. The van der Waals surface area contributed by atoms with Crippen molar-refractivity contribution >= 4 is 11.7 Å². The molecule has 20 heavy (non-hydrogen) atoms. The summed E-state index contributed by atoms with van der Waals surface area (Å²) in [5.74, 6) is -1.32. The normalized spacial score (nSPS) is 17.1. The van der Waals surface area contributed by atoms with E-state index >= 15 is 0 Å². The van der Waals surface area contributed by atoms with E-state index < -0.39 is 17.9 Å². The molecule has 0 aromatic heterocycles. The largest absolute Gasteiger partial charge is 0.573 e. The average Bonchev–Trinajstić information content (AvgIpc) is 2.23. The third-order valence-corrected chi connectivity index (χ3v) is 2.89. The first-order valence-electron chi connectivity index (χ1n) is 5.85. The molecule has 2 rings (SSSR count). The Labute approximate surface area is 112 Å². The molecule has 0 saturated carbocycles. The molecule has 1 aliphatic heterocycles. The Morgan fingerprint density at radius 3 is 2.65 bits per heavy atom. The van der Waals surface area contributed by atoms with Gasteiger partial charge < -0.3 is 20.5 Å². The molecule has 0 radical (unpaired) electrons. The second-order valence-corrected chi connectivity index (χ2v) is 4.66. The van der Waals surface area contributed by atoms with E-state index in [9.17, 15) is 18.0 Å². The highest BCUT2D eigenvalue weighted by Crippen LogP contribution is 2.28. The minimum absolute atomic E-state index is 0.121. The molecule has 1 saturated heterocycles. The van der Waals surface area contributed by atoms with Crippen LogP contribution in [0.1, 0.15) is 6.42 Å². The summed E-state index contributed by atoms with van der Waals surface area (Å²) in [6.45, 7) is 0.868. The van der Waals surface area contributed by atoms with Gasteiger partial charge in [-0.1, -0.05) is 6.07 Å². The third kappa shape index (κ3) is 3.77. The van der Waals surface area contributed by atoms with Gasteiger partial charge >= 0.3 is 12.3 Å². The molecule has 0 atom stereocenters. The van der Waals surface area contributed by atoms with Gasteiger partial charge in [0.05, 0.1) is 12.0 Å². The Morgan fingerprint density at radius 1 is 1.45 bits per heavy atom. The number of hydrogen-bond donors (Lipinski definition) is 3. The molecule has 0 amide bonds. The molecule has 0 spiro atoms. The van der Waals surface area contributed by atoms with Crippen LogP contribution in [0.4, 0.5) is 18.9 Å². The van der Waals surface area contributed by atoms with Crippen LogP contribution in [0.2, 0.25) is 0 Å². The first-order valence-corrected chi connectivity index (χ1v) is 5.85. The lowest BCUT2D eigenvalue weighted by molar-refractivity contribution is -0.274. The van der Waals surface area contributed by atoms with Crippen LogP contribution in [0.15, 0.2) is 24.3 Å². The van der Waals surface area contributed by atoms with E-state index in [1.54, 1.807) is 6.07 Å². The van der Waals surface area contributed by atoms with Crippen molar-refractivity contribution in [2.45, 2.75) is 18.3 Å². The van der Waals surface area contributed by atoms with Gasteiger partial charge in [0.2, 0.25) is 0 Å². The van der Waals surface area contributed by atoms with Gasteiger partial charge in [-0.25, -0.2) is 0 Å². The molecule has 1 aromatic rings. The topological polar surface area (TPSA) is 70.6 Å². The number of alkyl halides is 3. The Bertz CT molecular complexity index is 501. The molecule has 0 aliphatic carbocycles. The molecule has 110 valence electrons. The van der Waals surface area contributed by atoms with E-state index in [0.29, 0.717) is 18.8 Å². The highest BCUT2D eigenvalue weighted by Gasteiger charge is 2.39. The maximum atomic E-state index is 12.1. The zero-order valence-electron chi connectivity index (χ0n) is 10.3.